The molecule has 1 amide bonds. The molecule has 1 saturated heterocycles. The van der Waals surface area contributed by atoms with Gasteiger partial charge in [-0.05, 0) is 51.8 Å². The maximum Gasteiger partial charge on any atom is 0.274 e. The average molecular weight is 287 g/mol. The number of hydrogen-bond donors (Lipinski definition) is 2. The van der Waals surface area contributed by atoms with Gasteiger partial charge in [0.15, 0.2) is 0 Å². The number of aromatic amines is 1. The van der Waals surface area contributed by atoms with Crippen LogP contribution in [-0.2, 0) is 0 Å². The van der Waals surface area contributed by atoms with E-state index in [0.29, 0.717) is 5.69 Å². The molecule has 1 aliphatic heterocycles. The molecule has 0 spiro atoms. The quantitative estimate of drug-likeness (QED) is 0.884. The third kappa shape index (κ3) is 4.21. The summed E-state index contributed by atoms with van der Waals surface area (Å²) in [6, 6.07) is 1.81. The molecule has 0 aromatic carbocycles. The zero-order valence-corrected chi connectivity index (χ0v) is 12.4. The minimum absolute atomic E-state index is 0. The fourth-order valence-corrected chi connectivity index (χ4v) is 2.46. The highest BCUT2D eigenvalue weighted by molar-refractivity contribution is 5.92. The van der Waals surface area contributed by atoms with Crippen molar-refractivity contribution in [1.82, 2.24) is 20.4 Å². The van der Waals surface area contributed by atoms with Gasteiger partial charge in [0, 0.05) is 18.8 Å². The molecule has 1 aliphatic rings. The first-order valence-corrected chi connectivity index (χ1v) is 6.66. The number of piperidine rings is 1. The van der Waals surface area contributed by atoms with Crippen molar-refractivity contribution in [2.75, 3.05) is 26.7 Å². The highest BCUT2D eigenvalue weighted by atomic mass is 35.5. The summed E-state index contributed by atoms with van der Waals surface area (Å²) in [7, 11) is 1.98. The van der Waals surface area contributed by atoms with Crippen molar-refractivity contribution in [3.05, 3.63) is 17.5 Å². The smallest absolute Gasteiger partial charge is 0.274 e. The lowest BCUT2D eigenvalue weighted by Gasteiger charge is -2.31. The molecule has 2 heterocycles. The molecule has 0 atom stereocenters. The van der Waals surface area contributed by atoms with E-state index in [2.05, 4.69) is 15.5 Å². The van der Waals surface area contributed by atoms with E-state index < -0.39 is 0 Å². The van der Waals surface area contributed by atoms with Crippen LogP contribution in [0.15, 0.2) is 6.07 Å². The number of hydrogen-bond acceptors (Lipinski definition) is 3. The monoisotopic (exact) mass is 286 g/mol. The third-order valence-electron chi connectivity index (χ3n) is 3.63. The van der Waals surface area contributed by atoms with Crippen LogP contribution in [0.4, 0.5) is 0 Å². The number of halogens is 1. The summed E-state index contributed by atoms with van der Waals surface area (Å²) in [6.45, 7) is 4.70. The molecule has 0 unspecified atom stereocenters. The Labute approximate surface area is 120 Å². The number of rotatable bonds is 4. The van der Waals surface area contributed by atoms with Gasteiger partial charge in [-0.15, -0.1) is 12.4 Å². The van der Waals surface area contributed by atoms with Crippen molar-refractivity contribution >= 4 is 18.3 Å². The number of aromatic nitrogens is 2. The average Bonchev–Trinajstić information content (AvgIpc) is 2.83. The van der Waals surface area contributed by atoms with E-state index in [0.717, 1.165) is 44.1 Å². The highest BCUT2D eigenvalue weighted by Gasteiger charge is 2.24. The maximum atomic E-state index is 12.2. The zero-order valence-electron chi connectivity index (χ0n) is 11.6. The fourth-order valence-electron chi connectivity index (χ4n) is 2.46. The Bertz CT molecular complexity index is 399. The number of likely N-dealkylation sites (tertiary alicyclic amines) is 1. The van der Waals surface area contributed by atoms with E-state index in [1.165, 1.54) is 6.42 Å². The second-order valence-electron chi connectivity index (χ2n) is 5.06. The van der Waals surface area contributed by atoms with Crippen LogP contribution in [0.2, 0.25) is 0 Å². The van der Waals surface area contributed by atoms with Gasteiger partial charge >= 0.3 is 0 Å². The number of amides is 1. The summed E-state index contributed by atoms with van der Waals surface area (Å²) in [5.74, 6) is 0.814. The molecule has 6 heteroatoms. The number of nitrogens with zero attached hydrogens (tertiary/aromatic N) is 2. The first kappa shape index (κ1) is 16.0. The van der Waals surface area contributed by atoms with E-state index in [4.69, 9.17) is 0 Å². The lowest BCUT2D eigenvalue weighted by molar-refractivity contribution is 0.0681. The summed E-state index contributed by atoms with van der Waals surface area (Å²) in [4.78, 5) is 14.1. The van der Waals surface area contributed by atoms with E-state index in [1.54, 1.807) is 0 Å². The second kappa shape index (κ2) is 7.50. The fraction of sp³-hybridized carbons (Fsp3) is 0.692. The van der Waals surface area contributed by atoms with Gasteiger partial charge in [0.05, 0.1) is 0 Å². The van der Waals surface area contributed by atoms with E-state index in [9.17, 15) is 4.79 Å². The van der Waals surface area contributed by atoms with Gasteiger partial charge in [0.25, 0.3) is 5.91 Å². The van der Waals surface area contributed by atoms with E-state index in [-0.39, 0.29) is 18.3 Å². The lowest BCUT2D eigenvalue weighted by atomic mass is 9.93. The van der Waals surface area contributed by atoms with Crippen LogP contribution in [0.5, 0.6) is 0 Å². The molecule has 108 valence electrons. The lowest BCUT2D eigenvalue weighted by Crippen LogP contribution is -2.39. The summed E-state index contributed by atoms with van der Waals surface area (Å²) in [5, 5.41) is 10.0. The van der Waals surface area contributed by atoms with Gasteiger partial charge in [-0.25, -0.2) is 0 Å². The molecule has 5 nitrogen and oxygen atoms in total. The molecule has 1 aromatic heterocycles. The molecule has 0 bridgehead atoms. The Kier molecular flexibility index (Phi) is 6.31. The van der Waals surface area contributed by atoms with Gasteiger partial charge < -0.3 is 10.2 Å². The maximum absolute atomic E-state index is 12.2. The number of carbonyl (C=O) groups excluding carboxylic acids is 1. The standard InChI is InChI=1S/C13H22N4O.ClH/c1-10-9-12(16-15-10)13(18)17-7-4-11(5-8-17)3-6-14-2;/h9,11,14H,3-8H2,1-2H3,(H,15,16);1H. The normalized spacial score (nSPS) is 16.2. The molecule has 2 N–H and O–H groups in total. The van der Waals surface area contributed by atoms with Crippen LogP contribution in [0, 0.1) is 12.8 Å². The number of nitrogens with one attached hydrogen (secondary N) is 2. The van der Waals surface area contributed by atoms with E-state index >= 15 is 0 Å². The first-order chi connectivity index (χ1) is 8.70. The molecule has 0 aliphatic carbocycles. The minimum atomic E-state index is 0. The largest absolute Gasteiger partial charge is 0.337 e. The first-order valence-electron chi connectivity index (χ1n) is 6.66. The molecule has 0 saturated carbocycles. The summed E-state index contributed by atoms with van der Waals surface area (Å²) in [5.41, 5.74) is 1.48. The Morgan fingerprint density at radius 1 is 1.53 bits per heavy atom. The Balaban J connectivity index is 0.00000180. The zero-order chi connectivity index (χ0) is 13.0. The van der Waals surface area contributed by atoms with Crippen LogP contribution in [0.25, 0.3) is 0 Å². The molecule has 1 aromatic rings. The molecule has 1 fully saturated rings. The predicted molar refractivity (Wildman–Crippen MR) is 77.7 cm³/mol. The van der Waals surface area contributed by atoms with Crippen molar-refractivity contribution in [2.24, 2.45) is 5.92 Å². The number of aryl methyl sites for hydroxylation is 1. The van der Waals surface area contributed by atoms with Crippen LogP contribution >= 0.6 is 12.4 Å². The predicted octanol–water partition coefficient (Wildman–Crippen LogP) is 1.60. The Hall–Kier alpha value is -1.07. The van der Waals surface area contributed by atoms with Crippen molar-refractivity contribution < 1.29 is 4.79 Å². The third-order valence-corrected chi connectivity index (χ3v) is 3.63. The molecular formula is C13H23ClN4O. The van der Waals surface area contributed by atoms with Gasteiger partial charge in [-0.1, -0.05) is 0 Å². The minimum Gasteiger partial charge on any atom is -0.337 e. The van der Waals surface area contributed by atoms with E-state index in [1.807, 2.05) is 24.9 Å². The van der Waals surface area contributed by atoms with Gasteiger partial charge in [0.2, 0.25) is 0 Å². The SMILES string of the molecule is CNCCC1CCN(C(=O)c2cc(C)[nH]n2)CC1.Cl. The molecule has 19 heavy (non-hydrogen) atoms. The van der Waals surface area contributed by atoms with Crippen LogP contribution in [-0.4, -0.2) is 47.7 Å². The second-order valence-corrected chi connectivity index (χ2v) is 5.06. The summed E-state index contributed by atoms with van der Waals surface area (Å²) >= 11 is 0. The van der Waals surface area contributed by atoms with Crippen molar-refractivity contribution in [1.29, 1.82) is 0 Å². The Morgan fingerprint density at radius 3 is 2.74 bits per heavy atom. The summed E-state index contributed by atoms with van der Waals surface area (Å²) < 4.78 is 0. The van der Waals surface area contributed by atoms with Crippen molar-refractivity contribution in [3.8, 4) is 0 Å². The Morgan fingerprint density at radius 2 is 2.21 bits per heavy atom. The summed E-state index contributed by atoms with van der Waals surface area (Å²) in [6.07, 6.45) is 3.42. The number of carbonyl (C=O) groups is 1. The van der Waals surface area contributed by atoms with Crippen LogP contribution in [0.3, 0.4) is 0 Å². The number of H-pyrrole nitrogens is 1. The van der Waals surface area contributed by atoms with Crippen molar-refractivity contribution in [3.63, 3.8) is 0 Å². The van der Waals surface area contributed by atoms with Crippen LogP contribution in [0.1, 0.15) is 35.4 Å². The van der Waals surface area contributed by atoms with Gasteiger partial charge in [0.1, 0.15) is 5.69 Å². The molecule has 2 rings (SSSR count). The highest BCUT2D eigenvalue weighted by Crippen LogP contribution is 2.21. The van der Waals surface area contributed by atoms with Gasteiger partial charge in [-0.3, -0.25) is 9.89 Å². The van der Waals surface area contributed by atoms with Gasteiger partial charge in [-0.2, -0.15) is 5.10 Å². The van der Waals surface area contributed by atoms with Crippen LogP contribution < -0.4 is 5.32 Å². The molecular weight excluding hydrogens is 264 g/mol. The topological polar surface area (TPSA) is 61.0 Å². The van der Waals surface area contributed by atoms with Crippen molar-refractivity contribution in [2.45, 2.75) is 26.2 Å². The molecule has 0 radical (unpaired) electrons.